The number of allylic oxidation sites excluding steroid dienone is 22. The van der Waals surface area contributed by atoms with E-state index in [-0.39, 0.29) is 37.5 Å². The molecule has 0 aliphatic carbocycles. The standard InChI is InChI=1S/C65H104O6/c1-4-7-10-13-16-19-22-25-28-31-32-35-37-40-43-46-49-52-55-58-64(67)70-61-62(71-65(68)59-56-53-50-47-44-41-38-34-30-27-24-21-18-15-12-9-6-3)60-69-63(66)57-54-51-48-45-42-39-36-33-29-26-23-20-17-14-11-8-5-2/h7,10,16-17,19-20,25-30,32,35-36,38-41,43,47,50,62H,4-6,8-9,11-15,18,21-24,31,33-34,37,42,44-46,48-49,51-61H2,1-3H3/b10-7-,19-16-,20-17-,28-25-,29-26-,30-27-,35-32-,39-36-,41-38-,43-40-,50-47-/t62-/m0/s1. The second kappa shape index (κ2) is 58.1. The molecule has 0 bridgehead atoms. The van der Waals surface area contributed by atoms with E-state index in [1.54, 1.807) is 0 Å². The Bertz CT molecular complexity index is 1550. The largest absolute Gasteiger partial charge is 0.462 e. The van der Waals surface area contributed by atoms with Crippen molar-refractivity contribution in [2.75, 3.05) is 13.2 Å². The first-order valence-electron chi connectivity index (χ1n) is 28.7. The van der Waals surface area contributed by atoms with E-state index < -0.39 is 6.10 Å². The van der Waals surface area contributed by atoms with Gasteiger partial charge < -0.3 is 14.2 Å². The molecule has 0 aromatic rings. The van der Waals surface area contributed by atoms with Gasteiger partial charge in [-0.15, -0.1) is 0 Å². The summed E-state index contributed by atoms with van der Waals surface area (Å²) in [4.78, 5) is 38.1. The van der Waals surface area contributed by atoms with Crippen LogP contribution in [0.5, 0.6) is 0 Å². The molecule has 0 saturated heterocycles. The predicted octanol–water partition coefficient (Wildman–Crippen LogP) is 19.4. The molecule has 71 heavy (non-hydrogen) atoms. The van der Waals surface area contributed by atoms with Crippen LogP contribution in [-0.4, -0.2) is 37.2 Å². The van der Waals surface area contributed by atoms with Gasteiger partial charge in [0.2, 0.25) is 0 Å². The fraction of sp³-hybridized carbons (Fsp3) is 0.615. The van der Waals surface area contributed by atoms with Crippen molar-refractivity contribution in [2.24, 2.45) is 0 Å². The van der Waals surface area contributed by atoms with Crippen molar-refractivity contribution in [3.8, 4) is 0 Å². The Hall–Kier alpha value is -4.45. The minimum atomic E-state index is -0.833. The molecule has 0 rings (SSSR count). The van der Waals surface area contributed by atoms with Crippen LogP contribution in [-0.2, 0) is 28.6 Å². The molecule has 0 heterocycles. The molecular weight excluding hydrogens is 877 g/mol. The molecule has 0 radical (unpaired) electrons. The smallest absolute Gasteiger partial charge is 0.306 e. The third-order valence-corrected chi connectivity index (χ3v) is 11.6. The van der Waals surface area contributed by atoms with Crippen molar-refractivity contribution >= 4 is 17.9 Å². The summed E-state index contributed by atoms with van der Waals surface area (Å²) < 4.78 is 16.8. The molecule has 0 fully saturated rings. The van der Waals surface area contributed by atoms with E-state index in [4.69, 9.17) is 14.2 Å². The summed E-state index contributed by atoms with van der Waals surface area (Å²) in [5.41, 5.74) is 0. The number of esters is 3. The average Bonchev–Trinajstić information content (AvgIpc) is 3.37. The van der Waals surface area contributed by atoms with Gasteiger partial charge in [0.15, 0.2) is 6.10 Å². The van der Waals surface area contributed by atoms with Gasteiger partial charge in [-0.1, -0.05) is 219 Å². The van der Waals surface area contributed by atoms with Crippen LogP contribution in [0.2, 0.25) is 0 Å². The van der Waals surface area contributed by atoms with E-state index in [9.17, 15) is 14.4 Å². The zero-order valence-corrected chi connectivity index (χ0v) is 45.7. The fourth-order valence-corrected chi connectivity index (χ4v) is 7.31. The maximum atomic E-state index is 12.8. The summed E-state index contributed by atoms with van der Waals surface area (Å²) in [5.74, 6) is -1.04. The first-order chi connectivity index (χ1) is 35.0. The lowest BCUT2D eigenvalue weighted by atomic mass is 10.1. The lowest BCUT2D eigenvalue weighted by Gasteiger charge is -2.18. The van der Waals surface area contributed by atoms with Gasteiger partial charge in [0, 0.05) is 19.3 Å². The normalized spacial score (nSPS) is 13.1. The Morgan fingerprint density at radius 3 is 0.944 bits per heavy atom. The van der Waals surface area contributed by atoms with Gasteiger partial charge in [-0.2, -0.15) is 0 Å². The van der Waals surface area contributed by atoms with E-state index in [1.807, 2.05) is 0 Å². The third kappa shape index (κ3) is 56.3. The first-order valence-corrected chi connectivity index (χ1v) is 28.7. The number of hydrogen-bond donors (Lipinski definition) is 0. The fourth-order valence-electron chi connectivity index (χ4n) is 7.31. The summed E-state index contributed by atoms with van der Waals surface area (Å²) >= 11 is 0. The minimum absolute atomic E-state index is 0.125. The molecule has 0 N–H and O–H groups in total. The Labute approximate surface area is 436 Å². The summed E-state index contributed by atoms with van der Waals surface area (Å²) in [6, 6.07) is 0. The molecule has 400 valence electrons. The van der Waals surface area contributed by atoms with Crippen LogP contribution < -0.4 is 0 Å². The highest BCUT2D eigenvalue weighted by Crippen LogP contribution is 2.12. The van der Waals surface area contributed by atoms with Crippen LogP contribution in [0, 0.1) is 0 Å². The van der Waals surface area contributed by atoms with Crippen LogP contribution in [0.3, 0.4) is 0 Å². The highest BCUT2D eigenvalue weighted by molar-refractivity contribution is 5.71. The summed E-state index contributed by atoms with van der Waals surface area (Å²) in [6.45, 7) is 6.39. The molecule has 6 nitrogen and oxygen atoms in total. The predicted molar refractivity (Wildman–Crippen MR) is 306 cm³/mol. The first kappa shape index (κ1) is 66.6. The molecule has 1 atom stereocenters. The van der Waals surface area contributed by atoms with Crippen molar-refractivity contribution in [3.05, 3.63) is 134 Å². The van der Waals surface area contributed by atoms with Gasteiger partial charge in [0.05, 0.1) is 0 Å². The molecule has 0 spiro atoms. The number of carbonyl (C=O) groups is 3. The molecule has 6 heteroatoms. The number of hydrogen-bond acceptors (Lipinski definition) is 6. The molecule has 0 saturated carbocycles. The SMILES string of the molecule is CC/C=C\C/C=C\C/C=C\C/C=C\C/C=C\CCCCCC(=O)OC[C@H](COC(=O)CCCCCC/C=C\C/C=C\C/C=C\CCCCC)OC(=O)CCC/C=C\C/C=C\C/C=C\CCCCCCCC. The molecule has 0 aliphatic heterocycles. The van der Waals surface area contributed by atoms with Crippen LogP contribution in [0.15, 0.2) is 134 Å². The van der Waals surface area contributed by atoms with Crippen molar-refractivity contribution in [2.45, 2.75) is 245 Å². The summed E-state index contributed by atoms with van der Waals surface area (Å²) in [7, 11) is 0. The number of carbonyl (C=O) groups excluding carboxylic acids is 3. The number of rotatable bonds is 50. The van der Waals surface area contributed by atoms with Crippen molar-refractivity contribution in [3.63, 3.8) is 0 Å². The lowest BCUT2D eigenvalue weighted by molar-refractivity contribution is -0.167. The van der Waals surface area contributed by atoms with Crippen LogP contribution >= 0.6 is 0 Å². The summed E-state index contributed by atoms with van der Waals surface area (Å²) in [5, 5.41) is 0. The lowest BCUT2D eigenvalue weighted by Crippen LogP contribution is -2.30. The quantitative estimate of drug-likeness (QED) is 0.0262. The van der Waals surface area contributed by atoms with Gasteiger partial charge >= 0.3 is 17.9 Å². The number of unbranched alkanes of at least 4 members (excludes halogenated alkanes) is 17. The zero-order chi connectivity index (χ0) is 51.4. The number of ether oxygens (including phenoxy) is 3. The highest BCUT2D eigenvalue weighted by atomic mass is 16.6. The minimum Gasteiger partial charge on any atom is -0.462 e. The highest BCUT2D eigenvalue weighted by Gasteiger charge is 2.19. The average molecular weight is 982 g/mol. The van der Waals surface area contributed by atoms with Gasteiger partial charge in [-0.25, -0.2) is 0 Å². The van der Waals surface area contributed by atoms with Gasteiger partial charge in [-0.05, 0) is 135 Å². The Kier molecular flexibility index (Phi) is 54.5. The van der Waals surface area contributed by atoms with E-state index in [2.05, 4.69) is 154 Å². The second-order valence-corrected chi connectivity index (χ2v) is 18.5. The third-order valence-electron chi connectivity index (χ3n) is 11.6. The van der Waals surface area contributed by atoms with Crippen LogP contribution in [0.4, 0.5) is 0 Å². The molecule has 0 amide bonds. The van der Waals surface area contributed by atoms with Gasteiger partial charge in [-0.3, -0.25) is 14.4 Å². The van der Waals surface area contributed by atoms with Gasteiger partial charge in [0.25, 0.3) is 0 Å². The van der Waals surface area contributed by atoms with E-state index in [0.29, 0.717) is 19.3 Å². The van der Waals surface area contributed by atoms with Crippen LogP contribution in [0.25, 0.3) is 0 Å². The van der Waals surface area contributed by atoms with E-state index in [1.165, 1.54) is 70.6 Å². The zero-order valence-electron chi connectivity index (χ0n) is 45.7. The molecule has 0 unspecified atom stereocenters. The topological polar surface area (TPSA) is 78.9 Å². The summed E-state index contributed by atoms with van der Waals surface area (Å²) in [6.07, 6.45) is 81.6. The second-order valence-electron chi connectivity index (χ2n) is 18.5. The molecule has 0 aliphatic rings. The maximum Gasteiger partial charge on any atom is 0.306 e. The Balaban J connectivity index is 4.59. The van der Waals surface area contributed by atoms with Crippen LogP contribution in [0.1, 0.15) is 239 Å². The maximum absolute atomic E-state index is 12.8. The molecular formula is C65H104O6. The van der Waals surface area contributed by atoms with E-state index >= 15 is 0 Å². The van der Waals surface area contributed by atoms with Crippen molar-refractivity contribution in [1.29, 1.82) is 0 Å². The Morgan fingerprint density at radius 2 is 0.563 bits per heavy atom. The van der Waals surface area contributed by atoms with E-state index in [0.717, 1.165) is 122 Å². The Morgan fingerprint density at radius 1 is 0.296 bits per heavy atom. The van der Waals surface area contributed by atoms with Crippen molar-refractivity contribution in [1.82, 2.24) is 0 Å². The van der Waals surface area contributed by atoms with Crippen molar-refractivity contribution < 1.29 is 28.6 Å². The monoisotopic (exact) mass is 981 g/mol. The molecule has 0 aromatic heterocycles. The van der Waals surface area contributed by atoms with Gasteiger partial charge in [0.1, 0.15) is 13.2 Å². The molecule has 0 aromatic carbocycles.